The molecule has 0 amide bonds. The van der Waals surface area contributed by atoms with Gasteiger partial charge in [0.15, 0.2) is 0 Å². The first-order chi connectivity index (χ1) is 9.97. The lowest BCUT2D eigenvalue weighted by molar-refractivity contribution is 0.581. The van der Waals surface area contributed by atoms with Gasteiger partial charge in [0.1, 0.15) is 4.90 Å². The summed E-state index contributed by atoms with van der Waals surface area (Å²) in [5, 5.41) is 4.29. The summed E-state index contributed by atoms with van der Waals surface area (Å²) >= 11 is 0. The summed E-state index contributed by atoms with van der Waals surface area (Å²) in [6.07, 6.45) is 2.56. The second-order valence-corrected chi connectivity index (χ2v) is 6.33. The number of hydrogen-bond donors (Lipinski definition) is 3. The number of benzene rings is 1. The van der Waals surface area contributed by atoms with Crippen LogP contribution in [-0.4, -0.2) is 18.2 Å². The Hall–Kier alpha value is -1.90. The van der Waals surface area contributed by atoms with Gasteiger partial charge in [0, 0.05) is 25.4 Å². The number of hydrazine groups is 1. The maximum absolute atomic E-state index is 12.4. The summed E-state index contributed by atoms with van der Waals surface area (Å²) in [4.78, 5) is 0.120. The average Bonchev–Trinajstić information content (AvgIpc) is 2.85. The second kappa shape index (κ2) is 6.25. The minimum absolute atomic E-state index is 0.120. The molecule has 0 aliphatic carbocycles. The smallest absolute Gasteiger partial charge is 0.242 e. The molecule has 0 bridgehead atoms. The molecule has 0 aliphatic rings. The lowest BCUT2D eigenvalue weighted by Crippen LogP contribution is -2.25. The zero-order chi connectivity index (χ0) is 15.5. The molecule has 2 aromatic rings. The first kappa shape index (κ1) is 15.5. The summed E-state index contributed by atoms with van der Waals surface area (Å²) < 4.78 is 29.0. The molecule has 21 heavy (non-hydrogen) atoms. The third-order valence-electron chi connectivity index (χ3n) is 3.11. The molecule has 7 nitrogen and oxygen atoms in total. The number of anilines is 1. The van der Waals surface area contributed by atoms with Crippen molar-refractivity contribution in [2.45, 2.75) is 24.8 Å². The van der Waals surface area contributed by atoms with Crippen LogP contribution >= 0.6 is 0 Å². The molecule has 8 heteroatoms. The van der Waals surface area contributed by atoms with Crippen molar-refractivity contribution in [3.63, 3.8) is 0 Å². The lowest BCUT2D eigenvalue weighted by atomic mass is 10.2. The quantitative estimate of drug-likeness (QED) is 0.540. The number of aryl methyl sites for hydroxylation is 2. The van der Waals surface area contributed by atoms with Crippen LogP contribution in [0.4, 0.5) is 5.69 Å². The van der Waals surface area contributed by atoms with Crippen LogP contribution in [0.25, 0.3) is 0 Å². The fraction of sp³-hybridized carbons (Fsp3) is 0.308. The van der Waals surface area contributed by atoms with E-state index in [1.54, 1.807) is 22.9 Å². The molecule has 114 valence electrons. The third-order valence-corrected chi connectivity index (χ3v) is 4.57. The standard InChI is InChI=1S/C13H19N5O2S/c1-3-11-10(9-18(2)17-11)8-15-21(19,20)13-7-5-4-6-12(13)16-14/h4-7,9,15-16H,3,8,14H2,1-2H3. The van der Waals surface area contributed by atoms with E-state index in [1.807, 2.05) is 20.2 Å². The first-order valence-electron chi connectivity index (χ1n) is 6.54. The number of nitrogens with two attached hydrogens (primary N) is 1. The van der Waals surface area contributed by atoms with Crippen LogP contribution in [0, 0.1) is 0 Å². The van der Waals surface area contributed by atoms with E-state index < -0.39 is 10.0 Å². The van der Waals surface area contributed by atoms with Crippen molar-refractivity contribution in [1.82, 2.24) is 14.5 Å². The van der Waals surface area contributed by atoms with Gasteiger partial charge in [-0.3, -0.25) is 10.5 Å². The molecular formula is C13H19N5O2S. The number of aromatic nitrogens is 2. The van der Waals surface area contributed by atoms with E-state index in [-0.39, 0.29) is 11.4 Å². The minimum atomic E-state index is -3.65. The fourth-order valence-corrected chi connectivity index (χ4v) is 3.27. The molecule has 0 spiro atoms. The Morgan fingerprint density at radius 3 is 2.71 bits per heavy atom. The van der Waals surface area contributed by atoms with Gasteiger partial charge in [-0.25, -0.2) is 13.1 Å². The van der Waals surface area contributed by atoms with Crippen molar-refractivity contribution in [2.24, 2.45) is 12.9 Å². The molecule has 0 saturated heterocycles. The van der Waals surface area contributed by atoms with E-state index in [0.29, 0.717) is 5.69 Å². The van der Waals surface area contributed by atoms with Crippen molar-refractivity contribution < 1.29 is 8.42 Å². The molecule has 0 unspecified atom stereocenters. The molecule has 0 atom stereocenters. The summed E-state index contributed by atoms with van der Waals surface area (Å²) in [5.41, 5.74) is 4.49. The van der Waals surface area contributed by atoms with E-state index in [2.05, 4.69) is 15.2 Å². The van der Waals surface area contributed by atoms with Crippen LogP contribution < -0.4 is 16.0 Å². The normalized spacial score (nSPS) is 11.6. The number of para-hydroxylation sites is 1. The van der Waals surface area contributed by atoms with Gasteiger partial charge < -0.3 is 5.43 Å². The zero-order valence-corrected chi connectivity index (χ0v) is 12.8. The maximum Gasteiger partial charge on any atom is 0.242 e. The van der Waals surface area contributed by atoms with Gasteiger partial charge >= 0.3 is 0 Å². The molecule has 0 aliphatic heterocycles. The molecular weight excluding hydrogens is 290 g/mol. The van der Waals surface area contributed by atoms with E-state index in [0.717, 1.165) is 17.7 Å². The Balaban J connectivity index is 2.22. The number of rotatable bonds is 6. The number of sulfonamides is 1. The summed E-state index contributed by atoms with van der Waals surface area (Å²) in [6, 6.07) is 6.47. The minimum Gasteiger partial charge on any atom is -0.323 e. The van der Waals surface area contributed by atoms with Gasteiger partial charge in [0.2, 0.25) is 10.0 Å². The molecule has 0 fully saturated rings. The van der Waals surface area contributed by atoms with Crippen LogP contribution in [0.5, 0.6) is 0 Å². The Morgan fingerprint density at radius 2 is 2.05 bits per heavy atom. The molecule has 1 aromatic heterocycles. The first-order valence-corrected chi connectivity index (χ1v) is 8.03. The molecule has 0 saturated carbocycles. The molecule has 0 radical (unpaired) electrons. The highest BCUT2D eigenvalue weighted by molar-refractivity contribution is 7.89. The third kappa shape index (κ3) is 3.41. The molecule has 2 rings (SSSR count). The maximum atomic E-state index is 12.4. The topological polar surface area (TPSA) is 102 Å². The van der Waals surface area contributed by atoms with Gasteiger partial charge in [-0.15, -0.1) is 0 Å². The zero-order valence-electron chi connectivity index (χ0n) is 12.0. The van der Waals surface area contributed by atoms with Crippen LogP contribution in [0.1, 0.15) is 18.2 Å². The predicted molar refractivity (Wildman–Crippen MR) is 80.9 cm³/mol. The number of hydrogen-bond acceptors (Lipinski definition) is 5. The number of nitrogens with zero attached hydrogens (tertiary/aromatic N) is 2. The highest BCUT2D eigenvalue weighted by atomic mass is 32.2. The fourth-order valence-electron chi connectivity index (χ4n) is 2.10. The van der Waals surface area contributed by atoms with Crippen molar-refractivity contribution in [1.29, 1.82) is 0 Å². The largest absolute Gasteiger partial charge is 0.323 e. The van der Waals surface area contributed by atoms with Crippen LogP contribution in [0.2, 0.25) is 0 Å². The SMILES string of the molecule is CCc1nn(C)cc1CNS(=O)(=O)c1ccccc1NN. The molecule has 1 aromatic carbocycles. The van der Waals surface area contributed by atoms with Gasteiger partial charge in [-0.1, -0.05) is 19.1 Å². The average molecular weight is 309 g/mol. The Morgan fingerprint density at radius 1 is 1.33 bits per heavy atom. The number of nitrogens with one attached hydrogen (secondary N) is 2. The van der Waals surface area contributed by atoms with E-state index in [4.69, 9.17) is 5.84 Å². The Kier molecular flexibility index (Phi) is 4.61. The highest BCUT2D eigenvalue weighted by Gasteiger charge is 2.18. The van der Waals surface area contributed by atoms with Crippen LogP contribution in [0.3, 0.4) is 0 Å². The van der Waals surface area contributed by atoms with Crippen LogP contribution in [0.15, 0.2) is 35.4 Å². The van der Waals surface area contributed by atoms with Crippen molar-refractivity contribution in [3.8, 4) is 0 Å². The van der Waals surface area contributed by atoms with E-state index >= 15 is 0 Å². The van der Waals surface area contributed by atoms with Crippen molar-refractivity contribution in [2.75, 3.05) is 5.43 Å². The van der Waals surface area contributed by atoms with Gasteiger partial charge in [0.05, 0.1) is 11.4 Å². The lowest BCUT2D eigenvalue weighted by Gasteiger charge is -2.10. The predicted octanol–water partition coefficient (Wildman–Crippen LogP) is 0.747. The highest BCUT2D eigenvalue weighted by Crippen LogP contribution is 2.20. The van der Waals surface area contributed by atoms with Gasteiger partial charge in [-0.05, 0) is 18.6 Å². The van der Waals surface area contributed by atoms with E-state index in [9.17, 15) is 8.42 Å². The van der Waals surface area contributed by atoms with Gasteiger partial charge in [-0.2, -0.15) is 5.10 Å². The summed E-state index contributed by atoms with van der Waals surface area (Å²) in [6.45, 7) is 2.17. The van der Waals surface area contributed by atoms with Crippen molar-refractivity contribution >= 4 is 15.7 Å². The van der Waals surface area contributed by atoms with Crippen molar-refractivity contribution in [3.05, 3.63) is 41.7 Å². The second-order valence-electron chi connectivity index (χ2n) is 4.59. The van der Waals surface area contributed by atoms with Gasteiger partial charge in [0.25, 0.3) is 0 Å². The van der Waals surface area contributed by atoms with Crippen LogP contribution in [-0.2, 0) is 30.0 Å². The summed E-state index contributed by atoms with van der Waals surface area (Å²) in [7, 11) is -1.84. The monoisotopic (exact) mass is 309 g/mol. The summed E-state index contributed by atoms with van der Waals surface area (Å²) in [5.74, 6) is 5.35. The number of nitrogen functional groups attached to an aromatic ring is 1. The molecule has 1 heterocycles. The van der Waals surface area contributed by atoms with E-state index in [1.165, 1.54) is 6.07 Å². The molecule has 4 N–H and O–H groups in total. The Labute approximate surface area is 124 Å². The Bertz CT molecular complexity index is 724.